The largest absolute Gasteiger partial charge is 0.497 e. The molecule has 0 saturated heterocycles. The van der Waals surface area contributed by atoms with Gasteiger partial charge < -0.3 is 15.2 Å². The molecule has 0 aliphatic rings. The fourth-order valence-electron chi connectivity index (χ4n) is 1.83. The average Bonchev–Trinajstić information content (AvgIpc) is 2.52. The SMILES string of the molecule is COc1ccc(C(N)=S)c(OCc2ccc([N+](=O)[O-])cc2)c1. The fourth-order valence-corrected chi connectivity index (χ4v) is 2.00. The summed E-state index contributed by atoms with van der Waals surface area (Å²) in [6.07, 6.45) is 0. The second-order valence-electron chi connectivity index (χ2n) is 4.44. The number of methoxy groups -OCH3 is 1. The van der Waals surface area contributed by atoms with Gasteiger partial charge in [-0.2, -0.15) is 0 Å². The highest BCUT2D eigenvalue weighted by atomic mass is 32.1. The van der Waals surface area contributed by atoms with Gasteiger partial charge in [0.1, 0.15) is 23.1 Å². The van der Waals surface area contributed by atoms with Crippen LogP contribution in [0.3, 0.4) is 0 Å². The Morgan fingerprint density at radius 1 is 1.27 bits per heavy atom. The highest BCUT2D eigenvalue weighted by Crippen LogP contribution is 2.26. The summed E-state index contributed by atoms with van der Waals surface area (Å²) in [6, 6.07) is 11.3. The molecule has 2 rings (SSSR count). The van der Waals surface area contributed by atoms with Crippen LogP contribution in [-0.4, -0.2) is 17.0 Å². The number of nitrogens with zero attached hydrogens (tertiary/aromatic N) is 1. The Bertz CT molecular complexity index is 701. The van der Waals surface area contributed by atoms with Crippen LogP contribution in [0.15, 0.2) is 42.5 Å². The third-order valence-electron chi connectivity index (χ3n) is 3.00. The molecule has 0 aliphatic carbocycles. The first-order valence-electron chi connectivity index (χ1n) is 6.35. The minimum absolute atomic E-state index is 0.0361. The van der Waals surface area contributed by atoms with Crippen LogP contribution in [0.25, 0.3) is 0 Å². The summed E-state index contributed by atoms with van der Waals surface area (Å²) in [5.74, 6) is 1.13. The Morgan fingerprint density at radius 2 is 1.95 bits per heavy atom. The van der Waals surface area contributed by atoms with Gasteiger partial charge >= 0.3 is 0 Å². The van der Waals surface area contributed by atoms with E-state index in [0.29, 0.717) is 17.1 Å². The number of nitrogens with two attached hydrogens (primary N) is 1. The summed E-state index contributed by atoms with van der Waals surface area (Å²) < 4.78 is 10.9. The maximum absolute atomic E-state index is 10.6. The van der Waals surface area contributed by atoms with Crippen LogP contribution < -0.4 is 15.2 Å². The first-order valence-corrected chi connectivity index (χ1v) is 6.76. The van der Waals surface area contributed by atoms with Crippen molar-refractivity contribution in [2.45, 2.75) is 6.61 Å². The monoisotopic (exact) mass is 318 g/mol. The van der Waals surface area contributed by atoms with Gasteiger partial charge in [0.2, 0.25) is 0 Å². The molecule has 22 heavy (non-hydrogen) atoms. The topological polar surface area (TPSA) is 87.6 Å². The zero-order chi connectivity index (χ0) is 16.1. The maximum Gasteiger partial charge on any atom is 0.269 e. The van der Waals surface area contributed by atoms with Gasteiger partial charge in [-0.25, -0.2) is 0 Å². The molecule has 7 heteroatoms. The van der Waals surface area contributed by atoms with E-state index in [0.717, 1.165) is 5.56 Å². The molecule has 0 bridgehead atoms. The van der Waals surface area contributed by atoms with Crippen molar-refractivity contribution < 1.29 is 14.4 Å². The van der Waals surface area contributed by atoms with Gasteiger partial charge in [-0.15, -0.1) is 0 Å². The van der Waals surface area contributed by atoms with Crippen molar-refractivity contribution in [1.82, 2.24) is 0 Å². The average molecular weight is 318 g/mol. The molecule has 0 spiro atoms. The standard InChI is InChI=1S/C15H14N2O4S/c1-20-12-6-7-13(15(16)22)14(8-12)21-9-10-2-4-11(5-3-10)17(18)19/h2-8H,9H2,1H3,(H2,16,22). The van der Waals surface area contributed by atoms with Gasteiger partial charge in [-0.1, -0.05) is 12.2 Å². The molecule has 2 aromatic rings. The Balaban J connectivity index is 2.16. The summed E-state index contributed by atoms with van der Waals surface area (Å²) in [5.41, 5.74) is 7.10. The Kier molecular flexibility index (Phi) is 4.90. The van der Waals surface area contributed by atoms with Crippen molar-refractivity contribution in [2.24, 2.45) is 5.73 Å². The quantitative estimate of drug-likeness (QED) is 0.500. The van der Waals surface area contributed by atoms with Gasteiger partial charge in [0.15, 0.2) is 0 Å². The third kappa shape index (κ3) is 3.70. The van der Waals surface area contributed by atoms with E-state index < -0.39 is 4.92 Å². The molecule has 0 unspecified atom stereocenters. The lowest BCUT2D eigenvalue weighted by Crippen LogP contribution is -2.11. The highest BCUT2D eigenvalue weighted by molar-refractivity contribution is 7.80. The molecule has 2 aromatic carbocycles. The lowest BCUT2D eigenvalue weighted by Gasteiger charge is -2.12. The van der Waals surface area contributed by atoms with Gasteiger partial charge in [0.05, 0.1) is 17.6 Å². The van der Waals surface area contributed by atoms with Crippen molar-refractivity contribution in [3.05, 3.63) is 63.7 Å². The first kappa shape index (κ1) is 15.7. The zero-order valence-electron chi connectivity index (χ0n) is 11.8. The molecule has 6 nitrogen and oxygen atoms in total. The van der Waals surface area contributed by atoms with E-state index in [9.17, 15) is 10.1 Å². The van der Waals surface area contributed by atoms with Crippen LogP contribution in [0.1, 0.15) is 11.1 Å². The number of hydrogen-bond acceptors (Lipinski definition) is 5. The molecule has 0 heterocycles. The zero-order valence-corrected chi connectivity index (χ0v) is 12.6. The molecule has 0 atom stereocenters. The van der Waals surface area contributed by atoms with Crippen molar-refractivity contribution in [2.75, 3.05) is 7.11 Å². The second kappa shape index (κ2) is 6.86. The number of hydrogen-bond donors (Lipinski definition) is 1. The van der Waals surface area contributed by atoms with Crippen LogP contribution in [0.5, 0.6) is 11.5 Å². The van der Waals surface area contributed by atoms with E-state index in [2.05, 4.69) is 0 Å². The molecular formula is C15H14N2O4S. The van der Waals surface area contributed by atoms with Gasteiger partial charge in [0.25, 0.3) is 5.69 Å². The number of nitro benzene ring substituents is 1. The molecule has 0 amide bonds. The lowest BCUT2D eigenvalue weighted by atomic mass is 10.2. The predicted molar refractivity (Wildman–Crippen MR) is 86.3 cm³/mol. The van der Waals surface area contributed by atoms with E-state index in [1.807, 2.05) is 0 Å². The minimum Gasteiger partial charge on any atom is -0.497 e. The fraction of sp³-hybridized carbons (Fsp3) is 0.133. The third-order valence-corrected chi connectivity index (χ3v) is 3.22. The van der Waals surface area contributed by atoms with Crippen molar-refractivity contribution in [3.8, 4) is 11.5 Å². The van der Waals surface area contributed by atoms with Crippen molar-refractivity contribution in [1.29, 1.82) is 0 Å². The number of thiocarbonyl (C=S) groups is 1. The molecule has 2 N–H and O–H groups in total. The van der Waals surface area contributed by atoms with Gasteiger partial charge in [0, 0.05) is 18.2 Å². The van der Waals surface area contributed by atoms with Crippen LogP contribution >= 0.6 is 12.2 Å². The molecule has 0 aliphatic heterocycles. The molecule has 114 valence electrons. The summed E-state index contributed by atoms with van der Waals surface area (Å²) in [4.78, 5) is 10.4. The van der Waals surface area contributed by atoms with Crippen molar-refractivity contribution >= 4 is 22.9 Å². The van der Waals surface area contributed by atoms with E-state index >= 15 is 0 Å². The highest BCUT2D eigenvalue weighted by Gasteiger charge is 2.09. The Labute approximate surface area is 132 Å². The molecule has 0 saturated carbocycles. The predicted octanol–water partition coefficient (Wildman–Crippen LogP) is 2.82. The number of ether oxygens (including phenoxy) is 2. The summed E-state index contributed by atoms with van der Waals surface area (Å²) in [6.45, 7) is 0.237. The van der Waals surface area contributed by atoms with Gasteiger partial charge in [-0.05, 0) is 29.8 Å². The molecule has 0 radical (unpaired) electrons. The van der Waals surface area contributed by atoms with Crippen molar-refractivity contribution in [3.63, 3.8) is 0 Å². The number of non-ortho nitro benzene ring substituents is 1. The molecule has 0 fully saturated rings. The van der Waals surface area contributed by atoms with Crippen LogP contribution in [-0.2, 0) is 6.61 Å². The smallest absolute Gasteiger partial charge is 0.269 e. The normalized spacial score (nSPS) is 10.0. The van der Waals surface area contributed by atoms with E-state index in [4.69, 9.17) is 27.4 Å². The Hall–Kier alpha value is -2.67. The summed E-state index contributed by atoms with van der Waals surface area (Å²) >= 11 is 4.99. The van der Waals surface area contributed by atoms with Crippen LogP contribution in [0.2, 0.25) is 0 Å². The number of rotatable bonds is 6. The van der Waals surface area contributed by atoms with E-state index in [1.54, 1.807) is 37.4 Å². The number of nitro groups is 1. The maximum atomic E-state index is 10.6. The minimum atomic E-state index is -0.447. The number of benzene rings is 2. The second-order valence-corrected chi connectivity index (χ2v) is 4.88. The van der Waals surface area contributed by atoms with Gasteiger partial charge in [-0.3, -0.25) is 10.1 Å². The first-order chi connectivity index (χ1) is 10.5. The lowest BCUT2D eigenvalue weighted by molar-refractivity contribution is -0.384. The van der Waals surface area contributed by atoms with E-state index in [-0.39, 0.29) is 17.3 Å². The summed E-state index contributed by atoms with van der Waals surface area (Å²) in [5, 5.41) is 10.6. The summed E-state index contributed by atoms with van der Waals surface area (Å²) in [7, 11) is 1.55. The van der Waals surface area contributed by atoms with E-state index in [1.165, 1.54) is 12.1 Å². The Morgan fingerprint density at radius 3 is 2.50 bits per heavy atom. The van der Waals surface area contributed by atoms with Crippen LogP contribution in [0, 0.1) is 10.1 Å². The molecular weight excluding hydrogens is 304 g/mol. The van der Waals surface area contributed by atoms with Crippen LogP contribution in [0.4, 0.5) is 5.69 Å². The molecule has 0 aromatic heterocycles.